The lowest BCUT2D eigenvalue weighted by Crippen LogP contribution is -2.24. The molecule has 2 aliphatic heterocycles. The number of aromatic nitrogens is 5. The van der Waals surface area contributed by atoms with E-state index < -0.39 is 11.6 Å². The number of aromatic amines is 1. The molecule has 1 aromatic carbocycles. The molecule has 6 rings (SSSR count). The molecular formula is C22H18F2N6. The number of nitrogens with one attached hydrogen (secondary N) is 1. The lowest BCUT2D eigenvalue weighted by atomic mass is 9.87. The van der Waals surface area contributed by atoms with Crippen LogP contribution in [-0.2, 0) is 6.54 Å². The largest absolute Gasteiger partial charge is 0.323 e. The summed E-state index contributed by atoms with van der Waals surface area (Å²) in [5, 5.41) is 12.1. The average Bonchev–Trinajstić information content (AvgIpc) is 3.46. The summed E-state index contributed by atoms with van der Waals surface area (Å²) in [5.41, 5.74) is 4.48. The number of hydrogen-bond donors (Lipinski definition) is 1. The van der Waals surface area contributed by atoms with Crippen molar-refractivity contribution >= 4 is 22.4 Å². The second kappa shape index (κ2) is 5.98. The third-order valence-corrected chi connectivity index (χ3v) is 6.33. The second-order valence-corrected chi connectivity index (χ2v) is 7.83. The Bertz CT molecular complexity index is 1370. The second-order valence-electron chi connectivity index (χ2n) is 7.83. The zero-order chi connectivity index (χ0) is 20.6. The maximum atomic E-state index is 15.7. The monoisotopic (exact) mass is 404 g/mol. The van der Waals surface area contributed by atoms with E-state index in [2.05, 4.69) is 20.3 Å². The Morgan fingerprint density at radius 3 is 2.93 bits per heavy atom. The SMILES string of the molecule is C/C1=C(\c2c(F)cc3ncccc3c2F)N2CCn3ncc(c32)-c2[nH]ncc2[C@@H]1C. The van der Waals surface area contributed by atoms with E-state index >= 15 is 8.78 Å². The predicted molar refractivity (Wildman–Crippen MR) is 110 cm³/mol. The van der Waals surface area contributed by atoms with Crippen molar-refractivity contribution in [2.24, 2.45) is 0 Å². The van der Waals surface area contributed by atoms with Gasteiger partial charge in [-0.05, 0) is 24.6 Å². The number of allylic oxidation sites excluding steroid dienone is 1. The Morgan fingerprint density at radius 2 is 2.07 bits per heavy atom. The molecule has 0 amide bonds. The number of rotatable bonds is 1. The highest BCUT2D eigenvalue weighted by atomic mass is 19.1. The van der Waals surface area contributed by atoms with Crippen LogP contribution < -0.4 is 4.90 Å². The molecule has 3 aromatic heterocycles. The Kier molecular flexibility index (Phi) is 3.45. The third kappa shape index (κ3) is 2.13. The fourth-order valence-corrected chi connectivity index (χ4v) is 4.71. The number of H-pyrrole nitrogens is 1. The summed E-state index contributed by atoms with van der Waals surface area (Å²) in [6.45, 7) is 5.20. The Labute approximate surface area is 170 Å². The van der Waals surface area contributed by atoms with Crippen LogP contribution in [0.25, 0.3) is 27.9 Å². The number of pyridine rings is 1. The summed E-state index contributed by atoms with van der Waals surface area (Å²) in [6.07, 6.45) is 5.11. The van der Waals surface area contributed by atoms with Gasteiger partial charge in [0.1, 0.15) is 17.5 Å². The number of hydrogen-bond acceptors (Lipinski definition) is 4. The maximum absolute atomic E-state index is 15.7. The van der Waals surface area contributed by atoms with Crippen LogP contribution in [0.1, 0.15) is 30.9 Å². The Morgan fingerprint density at radius 1 is 1.20 bits per heavy atom. The first-order valence-corrected chi connectivity index (χ1v) is 9.87. The number of fused-ring (bicyclic) bond motifs is 3. The first kappa shape index (κ1) is 17.3. The van der Waals surface area contributed by atoms with Crippen molar-refractivity contribution in [2.75, 3.05) is 11.4 Å². The van der Waals surface area contributed by atoms with E-state index in [1.165, 1.54) is 12.3 Å². The molecule has 150 valence electrons. The van der Waals surface area contributed by atoms with Gasteiger partial charge in [-0.3, -0.25) is 10.1 Å². The van der Waals surface area contributed by atoms with Gasteiger partial charge in [0.15, 0.2) is 0 Å². The highest BCUT2D eigenvalue weighted by Gasteiger charge is 2.36. The standard InChI is InChI=1S/C22H18F2N6/c1-11-12(2)21(18-16(23)8-17-13(19(18)24)4-3-5-25-17)29-6-7-30-22(29)15(10-27-30)20-14(11)9-26-28-20/h3-5,8-11H,6-7H2,1-2H3,(H,26,28)/b21-12-/t11-/m1/s1. The maximum Gasteiger partial charge on any atom is 0.144 e. The molecule has 6 nitrogen and oxygen atoms in total. The summed E-state index contributed by atoms with van der Waals surface area (Å²) in [7, 11) is 0. The minimum Gasteiger partial charge on any atom is -0.323 e. The van der Waals surface area contributed by atoms with Gasteiger partial charge in [0, 0.05) is 35.7 Å². The van der Waals surface area contributed by atoms with Crippen molar-refractivity contribution in [2.45, 2.75) is 26.3 Å². The molecule has 5 heterocycles. The zero-order valence-corrected chi connectivity index (χ0v) is 16.4. The van der Waals surface area contributed by atoms with E-state index in [0.29, 0.717) is 29.7 Å². The fourth-order valence-electron chi connectivity index (χ4n) is 4.71. The van der Waals surface area contributed by atoms with Crippen LogP contribution in [0.2, 0.25) is 0 Å². The van der Waals surface area contributed by atoms with Gasteiger partial charge in [-0.2, -0.15) is 10.2 Å². The van der Waals surface area contributed by atoms with E-state index in [9.17, 15) is 0 Å². The summed E-state index contributed by atoms with van der Waals surface area (Å²) in [4.78, 5) is 6.11. The molecule has 0 saturated heterocycles. The molecule has 30 heavy (non-hydrogen) atoms. The predicted octanol–water partition coefficient (Wildman–Crippen LogP) is 4.47. The van der Waals surface area contributed by atoms with Gasteiger partial charge in [0.2, 0.25) is 0 Å². The van der Waals surface area contributed by atoms with Crippen LogP contribution in [0.15, 0.2) is 42.4 Å². The lowest BCUT2D eigenvalue weighted by molar-refractivity contribution is 0.583. The van der Waals surface area contributed by atoms with Gasteiger partial charge in [-0.15, -0.1) is 0 Å². The number of anilines is 1. The van der Waals surface area contributed by atoms with Crippen molar-refractivity contribution in [3.63, 3.8) is 0 Å². The molecule has 0 saturated carbocycles. The van der Waals surface area contributed by atoms with Gasteiger partial charge < -0.3 is 4.90 Å². The molecule has 8 heteroatoms. The van der Waals surface area contributed by atoms with Crippen LogP contribution in [0.5, 0.6) is 0 Å². The zero-order valence-electron chi connectivity index (χ0n) is 16.4. The van der Waals surface area contributed by atoms with Gasteiger partial charge in [-0.1, -0.05) is 6.92 Å². The third-order valence-electron chi connectivity index (χ3n) is 6.33. The first-order valence-electron chi connectivity index (χ1n) is 9.87. The molecular weight excluding hydrogens is 386 g/mol. The molecule has 1 atom stereocenters. The van der Waals surface area contributed by atoms with Gasteiger partial charge in [0.25, 0.3) is 0 Å². The van der Waals surface area contributed by atoms with Crippen molar-refractivity contribution in [1.29, 1.82) is 0 Å². The van der Waals surface area contributed by atoms with Crippen molar-refractivity contribution in [3.05, 3.63) is 65.1 Å². The van der Waals surface area contributed by atoms with Gasteiger partial charge in [0.05, 0.1) is 47.0 Å². The van der Waals surface area contributed by atoms with Crippen molar-refractivity contribution in [1.82, 2.24) is 25.0 Å². The van der Waals surface area contributed by atoms with Gasteiger partial charge in [-0.25, -0.2) is 13.5 Å². The van der Waals surface area contributed by atoms with Crippen LogP contribution in [-0.4, -0.2) is 31.5 Å². The minimum atomic E-state index is -0.618. The summed E-state index contributed by atoms with van der Waals surface area (Å²) >= 11 is 0. The van der Waals surface area contributed by atoms with Crippen LogP contribution in [0.3, 0.4) is 0 Å². The van der Waals surface area contributed by atoms with E-state index in [-0.39, 0.29) is 11.5 Å². The average molecular weight is 404 g/mol. The Balaban J connectivity index is 1.71. The smallest absolute Gasteiger partial charge is 0.144 e. The van der Waals surface area contributed by atoms with E-state index in [1.807, 2.05) is 23.4 Å². The molecule has 2 aliphatic rings. The number of halogens is 2. The molecule has 1 N–H and O–H groups in total. The normalized spacial score (nSPS) is 20.3. The molecule has 0 bridgehead atoms. The molecule has 0 aliphatic carbocycles. The number of nitrogens with zero attached hydrogens (tertiary/aromatic N) is 5. The highest BCUT2D eigenvalue weighted by Crippen LogP contribution is 2.47. The molecule has 0 fully saturated rings. The van der Waals surface area contributed by atoms with E-state index in [0.717, 1.165) is 28.2 Å². The quantitative estimate of drug-likeness (QED) is 0.509. The summed E-state index contributed by atoms with van der Waals surface area (Å²) in [6, 6.07) is 4.61. The van der Waals surface area contributed by atoms with Crippen molar-refractivity contribution in [3.8, 4) is 11.3 Å². The molecule has 0 spiro atoms. The van der Waals surface area contributed by atoms with Crippen LogP contribution in [0, 0.1) is 11.6 Å². The summed E-state index contributed by atoms with van der Waals surface area (Å²) < 4.78 is 33.0. The summed E-state index contributed by atoms with van der Waals surface area (Å²) in [5.74, 6) is -0.471. The molecule has 0 radical (unpaired) electrons. The highest BCUT2D eigenvalue weighted by molar-refractivity contribution is 5.93. The fraction of sp³-hybridized carbons (Fsp3) is 0.227. The Hall–Kier alpha value is -3.55. The van der Waals surface area contributed by atoms with Gasteiger partial charge >= 0.3 is 0 Å². The van der Waals surface area contributed by atoms with Crippen LogP contribution in [0.4, 0.5) is 14.6 Å². The molecule has 4 aromatic rings. The molecule has 0 unspecified atom stereocenters. The van der Waals surface area contributed by atoms with E-state index in [1.54, 1.807) is 24.5 Å². The van der Waals surface area contributed by atoms with E-state index in [4.69, 9.17) is 0 Å². The van der Waals surface area contributed by atoms with Crippen molar-refractivity contribution < 1.29 is 8.78 Å². The first-order chi connectivity index (χ1) is 14.6. The van der Waals surface area contributed by atoms with Crippen LogP contribution >= 0.6 is 0 Å². The topological polar surface area (TPSA) is 62.6 Å². The minimum absolute atomic E-state index is 0.0209. The lowest BCUT2D eigenvalue weighted by Gasteiger charge is -2.30. The number of benzene rings is 1.